The van der Waals surface area contributed by atoms with Gasteiger partial charge in [-0.2, -0.15) is 0 Å². The van der Waals surface area contributed by atoms with Gasteiger partial charge in [-0.15, -0.1) is 0 Å². The van der Waals surface area contributed by atoms with E-state index in [4.69, 9.17) is 20.8 Å². The van der Waals surface area contributed by atoms with Gasteiger partial charge in [0.05, 0.1) is 10.6 Å². The molecule has 1 atom stereocenters. The number of rotatable bonds is 2. The second kappa shape index (κ2) is 6.66. The van der Waals surface area contributed by atoms with E-state index in [2.05, 4.69) is 4.98 Å². The molecule has 3 aromatic rings. The van der Waals surface area contributed by atoms with Crippen molar-refractivity contribution in [3.05, 3.63) is 68.3 Å². The molecule has 5 nitrogen and oxygen atoms in total. The van der Waals surface area contributed by atoms with Crippen LogP contribution in [-0.4, -0.2) is 11.7 Å². The molecule has 6 heteroatoms. The van der Waals surface area contributed by atoms with E-state index in [-0.39, 0.29) is 5.63 Å². The molecule has 0 spiro atoms. The number of nitrogens with one attached hydrogen (secondary N) is 1. The summed E-state index contributed by atoms with van der Waals surface area (Å²) in [6.45, 7) is 2.04. The molecule has 2 aliphatic rings. The van der Waals surface area contributed by atoms with Crippen LogP contribution in [0.5, 0.6) is 5.75 Å². The fraction of sp³-hybridized carbons (Fsp3) is 0.333. The number of nitrogens with zero attached hydrogens (tertiary/aromatic N) is 1. The van der Waals surface area contributed by atoms with Gasteiger partial charge < -0.3 is 9.15 Å². The fourth-order valence-corrected chi connectivity index (χ4v) is 4.56. The maximum Gasteiger partial charge on any atom is 0.339 e. The second-order valence-electron chi connectivity index (χ2n) is 7.34. The minimum Gasteiger partial charge on any atom is -0.443 e. The van der Waals surface area contributed by atoms with Crippen molar-refractivity contribution in [3.8, 4) is 5.75 Å². The lowest BCUT2D eigenvalue weighted by Crippen LogP contribution is -3.10. The molecule has 5 rings (SSSR count). The zero-order valence-electron chi connectivity index (χ0n) is 14.9. The van der Waals surface area contributed by atoms with Crippen LogP contribution in [0.1, 0.15) is 35.1 Å². The van der Waals surface area contributed by atoms with Crippen LogP contribution >= 0.6 is 11.6 Å². The van der Waals surface area contributed by atoms with E-state index in [0.29, 0.717) is 29.6 Å². The summed E-state index contributed by atoms with van der Waals surface area (Å²) in [6, 6.07) is 5.93. The van der Waals surface area contributed by atoms with E-state index >= 15 is 0 Å². The lowest BCUT2D eigenvalue weighted by atomic mass is 9.90. The Morgan fingerprint density at radius 2 is 1.89 bits per heavy atom. The van der Waals surface area contributed by atoms with Crippen LogP contribution in [0.15, 0.2) is 39.8 Å². The molecule has 0 radical (unpaired) electrons. The number of ether oxygens (including phenoxy) is 1. The van der Waals surface area contributed by atoms with Crippen LogP contribution in [0, 0.1) is 0 Å². The van der Waals surface area contributed by atoms with Crippen LogP contribution < -0.4 is 15.3 Å². The van der Waals surface area contributed by atoms with Gasteiger partial charge in [-0.1, -0.05) is 11.6 Å². The van der Waals surface area contributed by atoms with Gasteiger partial charge in [-0.3, -0.25) is 9.88 Å². The third-order valence-electron chi connectivity index (χ3n) is 5.57. The Kier molecular flexibility index (Phi) is 4.14. The van der Waals surface area contributed by atoms with Crippen LogP contribution in [0.3, 0.4) is 0 Å². The molecular formula is C21H20ClN2O3+. The highest BCUT2D eigenvalue weighted by atomic mass is 35.5. The molecule has 0 bridgehead atoms. The molecule has 1 unspecified atom stereocenters. The number of fused-ring (bicyclic) bond motifs is 5. The van der Waals surface area contributed by atoms with Crippen molar-refractivity contribution in [2.24, 2.45) is 0 Å². The fourth-order valence-electron chi connectivity index (χ4n) is 4.29. The molecule has 3 heterocycles. The predicted octanol–water partition coefficient (Wildman–Crippen LogP) is 2.66. The van der Waals surface area contributed by atoms with Crippen molar-refractivity contribution in [2.75, 3.05) is 6.73 Å². The number of pyridine rings is 1. The second-order valence-corrected chi connectivity index (χ2v) is 7.75. The van der Waals surface area contributed by atoms with Gasteiger partial charge in [-0.25, -0.2) is 4.79 Å². The van der Waals surface area contributed by atoms with Crippen LogP contribution in [0.2, 0.25) is 5.02 Å². The predicted molar refractivity (Wildman–Crippen MR) is 102 cm³/mol. The number of hydrogen-bond acceptors (Lipinski definition) is 4. The van der Waals surface area contributed by atoms with Crippen LogP contribution in [0.4, 0.5) is 0 Å². The number of aryl methyl sites for hydroxylation is 1. The van der Waals surface area contributed by atoms with Gasteiger partial charge in [0, 0.05) is 28.9 Å². The third kappa shape index (κ3) is 2.91. The third-order valence-corrected chi connectivity index (χ3v) is 5.85. The summed E-state index contributed by atoms with van der Waals surface area (Å²) in [4.78, 5) is 17.9. The summed E-state index contributed by atoms with van der Waals surface area (Å²) < 4.78 is 11.8. The van der Waals surface area contributed by atoms with Crippen molar-refractivity contribution in [1.82, 2.24) is 4.98 Å². The topological polar surface area (TPSA) is 56.8 Å². The highest BCUT2D eigenvalue weighted by molar-refractivity contribution is 6.33. The maximum absolute atomic E-state index is 12.6. The molecule has 1 N–H and O–H groups in total. The Balaban J connectivity index is 1.61. The van der Waals surface area contributed by atoms with E-state index in [1.54, 1.807) is 12.4 Å². The molecular weight excluding hydrogens is 364 g/mol. The van der Waals surface area contributed by atoms with E-state index in [0.717, 1.165) is 54.3 Å². The van der Waals surface area contributed by atoms with Crippen molar-refractivity contribution >= 4 is 22.6 Å². The SMILES string of the molecule is O=c1oc2c3c(c(Cl)cc2c2c1CCCC2)OC[NH+](Cc1ccncc1)C3. The first-order valence-electron chi connectivity index (χ1n) is 9.36. The van der Waals surface area contributed by atoms with Gasteiger partial charge in [0.2, 0.25) is 6.73 Å². The molecule has 138 valence electrons. The summed E-state index contributed by atoms with van der Waals surface area (Å²) in [5, 5.41) is 1.57. The lowest BCUT2D eigenvalue weighted by Gasteiger charge is -2.28. The maximum atomic E-state index is 12.6. The molecule has 0 fully saturated rings. The Labute approximate surface area is 161 Å². The van der Waals surface area contributed by atoms with Gasteiger partial charge in [-0.05, 0) is 49.4 Å². The van der Waals surface area contributed by atoms with Crippen molar-refractivity contribution in [1.29, 1.82) is 0 Å². The van der Waals surface area contributed by atoms with Gasteiger partial charge >= 0.3 is 5.63 Å². The van der Waals surface area contributed by atoms with Crippen LogP contribution in [-0.2, 0) is 25.9 Å². The van der Waals surface area contributed by atoms with Crippen molar-refractivity contribution < 1.29 is 14.1 Å². The zero-order valence-corrected chi connectivity index (χ0v) is 15.6. The first-order valence-corrected chi connectivity index (χ1v) is 9.73. The molecule has 2 aromatic heterocycles. The number of quaternary nitrogens is 1. The van der Waals surface area contributed by atoms with E-state index in [9.17, 15) is 4.79 Å². The van der Waals surface area contributed by atoms with E-state index < -0.39 is 0 Å². The average Bonchev–Trinajstić information content (AvgIpc) is 2.70. The van der Waals surface area contributed by atoms with E-state index in [1.807, 2.05) is 18.2 Å². The smallest absolute Gasteiger partial charge is 0.339 e. The quantitative estimate of drug-likeness (QED) is 0.691. The van der Waals surface area contributed by atoms with Gasteiger partial charge in [0.15, 0.2) is 11.3 Å². The van der Waals surface area contributed by atoms with E-state index in [1.165, 1.54) is 10.5 Å². The lowest BCUT2D eigenvalue weighted by molar-refractivity contribution is -0.945. The standard InChI is InChI=1S/C21H19ClN2O3/c22-18-9-16-14-3-1-2-4-15(14)21(25)27-19(16)17-11-24(12-26-20(17)18)10-13-5-7-23-8-6-13/h5-9H,1-4,10-12H2/p+1. The minimum absolute atomic E-state index is 0.206. The minimum atomic E-state index is -0.206. The average molecular weight is 384 g/mol. The molecule has 1 aromatic carbocycles. The molecule has 0 amide bonds. The first kappa shape index (κ1) is 16.8. The Hall–Kier alpha value is -2.37. The Bertz CT molecular complexity index is 1080. The Morgan fingerprint density at radius 3 is 2.70 bits per heavy atom. The summed E-state index contributed by atoms with van der Waals surface area (Å²) in [5.74, 6) is 0.654. The largest absolute Gasteiger partial charge is 0.443 e. The number of hydrogen-bond donors (Lipinski definition) is 1. The summed E-state index contributed by atoms with van der Waals surface area (Å²) in [7, 11) is 0. The molecule has 1 aliphatic heterocycles. The van der Waals surface area contributed by atoms with Crippen molar-refractivity contribution in [2.45, 2.75) is 38.8 Å². The molecule has 27 heavy (non-hydrogen) atoms. The highest BCUT2D eigenvalue weighted by Gasteiger charge is 2.29. The highest BCUT2D eigenvalue weighted by Crippen LogP contribution is 2.38. The normalized spacial score (nSPS) is 18.6. The van der Waals surface area contributed by atoms with Crippen LogP contribution in [0.25, 0.3) is 11.0 Å². The summed E-state index contributed by atoms with van der Waals surface area (Å²) >= 11 is 6.55. The van der Waals surface area contributed by atoms with Crippen molar-refractivity contribution in [3.63, 3.8) is 0 Å². The number of aromatic nitrogens is 1. The van der Waals surface area contributed by atoms with Gasteiger partial charge in [0.1, 0.15) is 13.1 Å². The number of halogens is 1. The first-order chi connectivity index (χ1) is 13.2. The monoisotopic (exact) mass is 383 g/mol. The number of benzene rings is 1. The molecule has 0 saturated carbocycles. The van der Waals surface area contributed by atoms with Gasteiger partial charge in [0.25, 0.3) is 0 Å². The summed E-state index contributed by atoms with van der Waals surface area (Å²) in [6.07, 6.45) is 7.42. The Morgan fingerprint density at radius 1 is 1.11 bits per heavy atom. The molecule has 1 aliphatic carbocycles. The summed E-state index contributed by atoms with van der Waals surface area (Å²) in [5.41, 5.74) is 4.46. The zero-order chi connectivity index (χ0) is 18.4. The molecule has 0 saturated heterocycles.